The van der Waals surface area contributed by atoms with Gasteiger partial charge in [-0.05, 0) is 37.9 Å². The van der Waals surface area contributed by atoms with E-state index in [4.69, 9.17) is 12.2 Å². The molecule has 1 aromatic heterocycles. The predicted octanol–water partition coefficient (Wildman–Crippen LogP) is 0.577. The third-order valence-corrected chi connectivity index (χ3v) is 5.56. The molecule has 6 nitrogen and oxygen atoms in total. The first-order chi connectivity index (χ1) is 10.6. The Morgan fingerprint density at radius 3 is 2.95 bits per heavy atom. The van der Waals surface area contributed by atoms with Gasteiger partial charge in [-0.1, -0.05) is 18.3 Å². The topological polar surface area (TPSA) is 62.8 Å². The molecule has 1 saturated heterocycles. The SMILES string of the molecule is CCC(=O)N(c1nn(C[NH+]2CCC[C@H](O)C2)c(=S)s1)C1CC1. The second-order valence-corrected chi connectivity index (χ2v) is 7.76. The average Bonchev–Trinajstić information content (AvgIpc) is 3.25. The van der Waals surface area contributed by atoms with Gasteiger partial charge in [0.15, 0.2) is 10.6 Å². The van der Waals surface area contributed by atoms with E-state index in [9.17, 15) is 9.90 Å². The fraction of sp³-hybridized carbons (Fsp3) is 0.786. The number of aliphatic hydroxyl groups is 1. The lowest BCUT2D eigenvalue weighted by molar-refractivity contribution is -0.931. The number of piperidine rings is 1. The van der Waals surface area contributed by atoms with Crippen molar-refractivity contribution in [1.82, 2.24) is 9.78 Å². The molecule has 8 heteroatoms. The van der Waals surface area contributed by atoms with Gasteiger partial charge in [-0.3, -0.25) is 9.69 Å². The first kappa shape index (κ1) is 16.0. The van der Waals surface area contributed by atoms with E-state index in [1.54, 1.807) is 0 Å². The van der Waals surface area contributed by atoms with E-state index in [1.165, 1.54) is 16.2 Å². The highest BCUT2D eigenvalue weighted by atomic mass is 32.1. The molecule has 1 unspecified atom stereocenters. The summed E-state index contributed by atoms with van der Waals surface area (Å²) in [5, 5.41) is 15.1. The molecule has 122 valence electrons. The smallest absolute Gasteiger partial charge is 0.228 e. The van der Waals surface area contributed by atoms with E-state index in [2.05, 4.69) is 5.10 Å². The van der Waals surface area contributed by atoms with Crippen molar-refractivity contribution in [2.75, 3.05) is 18.0 Å². The van der Waals surface area contributed by atoms with E-state index in [-0.39, 0.29) is 12.0 Å². The third-order valence-electron chi connectivity index (χ3n) is 4.25. The number of aromatic nitrogens is 2. The number of hydrogen-bond acceptors (Lipinski definition) is 5. The number of anilines is 1. The maximum absolute atomic E-state index is 12.2. The summed E-state index contributed by atoms with van der Waals surface area (Å²) >= 11 is 6.84. The van der Waals surface area contributed by atoms with Gasteiger partial charge in [0.2, 0.25) is 11.0 Å². The number of aliphatic hydroxyl groups excluding tert-OH is 1. The van der Waals surface area contributed by atoms with Crippen LogP contribution in [0.3, 0.4) is 0 Å². The van der Waals surface area contributed by atoms with E-state index in [0.29, 0.717) is 23.1 Å². The van der Waals surface area contributed by atoms with Crippen molar-refractivity contribution in [3.63, 3.8) is 0 Å². The lowest BCUT2D eigenvalue weighted by atomic mass is 10.1. The average molecular weight is 343 g/mol. The zero-order valence-corrected chi connectivity index (χ0v) is 14.5. The van der Waals surface area contributed by atoms with E-state index in [1.807, 2.05) is 16.5 Å². The Morgan fingerprint density at radius 2 is 2.32 bits per heavy atom. The normalized spacial score (nSPS) is 25.2. The summed E-state index contributed by atoms with van der Waals surface area (Å²) in [6.07, 6.45) is 4.30. The number of hydrogen-bond donors (Lipinski definition) is 2. The van der Waals surface area contributed by atoms with Crippen LogP contribution in [0.25, 0.3) is 0 Å². The van der Waals surface area contributed by atoms with Gasteiger partial charge in [-0.25, -0.2) is 0 Å². The summed E-state index contributed by atoms with van der Waals surface area (Å²) in [5.41, 5.74) is 0. The van der Waals surface area contributed by atoms with Gasteiger partial charge < -0.3 is 10.0 Å². The molecule has 2 aliphatic rings. The first-order valence-electron chi connectivity index (χ1n) is 8.00. The van der Waals surface area contributed by atoms with Gasteiger partial charge in [0.1, 0.15) is 12.6 Å². The van der Waals surface area contributed by atoms with Crippen LogP contribution in [0.2, 0.25) is 0 Å². The molecule has 2 fully saturated rings. The van der Waals surface area contributed by atoms with Crippen LogP contribution in [-0.4, -0.2) is 46.0 Å². The summed E-state index contributed by atoms with van der Waals surface area (Å²) in [6, 6.07) is 0.311. The standard InChI is InChI=1S/C14H22N4O2S2/c1-2-12(20)18(10-5-6-10)13-15-17(14(21)22-13)9-16-7-3-4-11(19)8-16/h10-11,19H,2-9H2,1H3/p+1/t11-/m0/s1. The molecule has 0 radical (unpaired) electrons. The molecule has 0 spiro atoms. The van der Waals surface area contributed by atoms with Crippen LogP contribution in [0.15, 0.2) is 0 Å². The Kier molecular flexibility index (Phi) is 4.91. The molecule has 2 atom stereocenters. The van der Waals surface area contributed by atoms with Gasteiger partial charge >= 0.3 is 0 Å². The summed E-state index contributed by atoms with van der Waals surface area (Å²) in [4.78, 5) is 15.3. The molecule has 1 aromatic rings. The third kappa shape index (κ3) is 3.56. The number of rotatable bonds is 5. The molecule has 1 amide bonds. The van der Waals surface area contributed by atoms with Crippen molar-refractivity contribution >= 4 is 34.6 Å². The molecule has 3 rings (SSSR count). The van der Waals surface area contributed by atoms with Crippen molar-refractivity contribution in [3.05, 3.63) is 3.95 Å². The molecule has 22 heavy (non-hydrogen) atoms. The molecule has 1 aliphatic carbocycles. The highest BCUT2D eigenvalue weighted by Crippen LogP contribution is 2.33. The highest BCUT2D eigenvalue weighted by Gasteiger charge is 2.35. The maximum Gasteiger partial charge on any atom is 0.228 e. The highest BCUT2D eigenvalue weighted by molar-refractivity contribution is 7.73. The van der Waals surface area contributed by atoms with Crippen LogP contribution >= 0.6 is 23.6 Å². The molecular formula is C14H23N4O2S2+. The minimum Gasteiger partial charge on any atom is -0.387 e. The Hall–Kier alpha value is -0.830. The second-order valence-electron chi connectivity index (χ2n) is 6.16. The lowest BCUT2D eigenvalue weighted by Gasteiger charge is -2.26. The summed E-state index contributed by atoms with van der Waals surface area (Å²) < 4.78 is 2.53. The zero-order chi connectivity index (χ0) is 15.7. The minimum absolute atomic E-state index is 0.124. The van der Waals surface area contributed by atoms with Gasteiger partial charge in [-0.2, -0.15) is 4.68 Å². The number of likely N-dealkylation sites (tertiary alicyclic amines) is 1. The van der Waals surface area contributed by atoms with Crippen molar-refractivity contribution in [3.8, 4) is 0 Å². The van der Waals surface area contributed by atoms with Crippen LogP contribution < -0.4 is 9.80 Å². The zero-order valence-electron chi connectivity index (χ0n) is 12.8. The number of amides is 1. The number of nitrogens with zero attached hydrogens (tertiary/aromatic N) is 3. The quantitative estimate of drug-likeness (QED) is 0.768. The largest absolute Gasteiger partial charge is 0.387 e. The van der Waals surface area contributed by atoms with Crippen LogP contribution in [0.4, 0.5) is 5.13 Å². The van der Waals surface area contributed by atoms with Crippen molar-refractivity contribution in [2.45, 2.75) is 57.8 Å². The molecule has 1 saturated carbocycles. The van der Waals surface area contributed by atoms with E-state index in [0.717, 1.165) is 43.9 Å². The molecule has 0 aromatic carbocycles. The summed E-state index contributed by atoms with van der Waals surface area (Å²) in [7, 11) is 0. The van der Waals surface area contributed by atoms with Crippen LogP contribution in [0.1, 0.15) is 39.0 Å². The van der Waals surface area contributed by atoms with E-state index >= 15 is 0 Å². The molecule has 2 N–H and O–H groups in total. The molecule has 1 aliphatic heterocycles. The van der Waals surface area contributed by atoms with Crippen molar-refractivity contribution in [2.24, 2.45) is 0 Å². The predicted molar refractivity (Wildman–Crippen MR) is 87.7 cm³/mol. The monoisotopic (exact) mass is 343 g/mol. The van der Waals surface area contributed by atoms with Gasteiger partial charge in [0.05, 0.1) is 6.54 Å². The Morgan fingerprint density at radius 1 is 1.55 bits per heavy atom. The minimum atomic E-state index is -0.222. The second kappa shape index (κ2) is 6.74. The fourth-order valence-corrected chi connectivity index (χ4v) is 4.13. The van der Waals surface area contributed by atoms with Gasteiger partial charge in [0.25, 0.3) is 0 Å². The number of carbonyl (C=O) groups excluding carboxylic acids is 1. The van der Waals surface area contributed by atoms with Crippen molar-refractivity contribution < 1.29 is 14.8 Å². The van der Waals surface area contributed by atoms with Gasteiger partial charge in [-0.15, -0.1) is 5.10 Å². The summed E-state index contributed by atoms with van der Waals surface area (Å²) in [6.45, 7) is 4.33. The molecule has 0 bridgehead atoms. The Balaban J connectivity index is 1.75. The molecular weight excluding hydrogens is 320 g/mol. The van der Waals surface area contributed by atoms with E-state index < -0.39 is 0 Å². The lowest BCUT2D eigenvalue weighted by Crippen LogP contribution is -3.13. The van der Waals surface area contributed by atoms with Crippen molar-refractivity contribution in [1.29, 1.82) is 0 Å². The Labute approximate surface area is 139 Å². The van der Waals surface area contributed by atoms with Crippen LogP contribution in [0, 0.1) is 3.95 Å². The van der Waals surface area contributed by atoms with Crippen LogP contribution in [0.5, 0.6) is 0 Å². The molecule has 2 heterocycles. The van der Waals surface area contributed by atoms with Gasteiger partial charge in [0, 0.05) is 12.5 Å². The number of carbonyl (C=O) groups is 1. The summed E-state index contributed by atoms with van der Waals surface area (Å²) in [5.74, 6) is 0.124. The van der Waals surface area contributed by atoms with Crippen LogP contribution in [-0.2, 0) is 11.5 Å². The fourth-order valence-electron chi connectivity index (χ4n) is 2.94. The maximum atomic E-state index is 12.2. The first-order valence-corrected chi connectivity index (χ1v) is 9.22. The Bertz CT molecular complexity index is 596. The number of nitrogens with one attached hydrogen (secondary N) is 1. The number of quaternary nitrogens is 1.